The molecule has 0 saturated carbocycles. The second kappa shape index (κ2) is 11.6. The molecule has 174 valence electrons. The lowest BCUT2D eigenvalue weighted by molar-refractivity contribution is 0.0702. The standard InChI is InChI=1S/C24H32N2O4S2/c1-2-3-4-5-6-7-8-9-10-11-16-32(29,30)19-14-12-18(13-15-19)22-25-20-17-21(24(27)28)31-23(20)26-22/h12-15,17H,2-11,16H2,1H3,(H,25,26)(H,27,28). The van der Waals surface area contributed by atoms with Gasteiger partial charge in [-0.25, -0.2) is 18.2 Å². The van der Waals surface area contributed by atoms with E-state index in [0.717, 1.165) is 29.7 Å². The first-order valence-corrected chi connectivity index (χ1v) is 13.9. The number of carboxylic acid groups (broad SMARTS) is 1. The number of rotatable bonds is 14. The molecule has 0 radical (unpaired) electrons. The van der Waals surface area contributed by atoms with Crippen LogP contribution in [0.3, 0.4) is 0 Å². The molecule has 0 saturated heterocycles. The fraction of sp³-hybridized carbons (Fsp3) is 0.500. The minimum absolute atomic E-state index is 0.178. The van der Waals surface area contributed by atoms with Gasteiger partial charge in [-0.05, 0) is 36.8 Å². The van der Waals surface area contributed by atoms with E-state index in [1.807, 2.05) is 0 Å². The van der Waals surface area contributed by atoms with E-state index in [9.17, 15) is 13.2 Å². The van der Waals surface area contributed by atoms with E-state index >= 15 is 0 Å². The Kier molecular flexibility index (Phi) is 8.87. The van der Waals surface area contributed by atoms with Crippen LogP contribution in [0, 0.1) is 0 Å². The second-order valence-electron chi connectivity index (χ2n) is 8.25. The zero-order valence-electron chi connectivity index (χ0n) is 18.6. The molecule has 8 heteroatoms. The number of thiophene rings is 1. The number of aromatic nitrogens is 2. The minimum atomic E-state index is -3.29. The zero-order valence-corrected chi connectivity index (χ0v) is 20.2. The van der Waals surface area contributed by atoms with E-state index in [1.165, 1.54) is 44.9 Å². The van der Waals surface area contributed by atoms with Crippen LogP contribution in [0.2, 0.25) is 0 Å². The average molecular weight is 477 g/mol. The van der Waals surface area contributed by atoms with E-state index in [2.05, 4.69) is 16.9 Å². The third-order valence-electron chi connectivity index (χ3n) is 5.64. The third kappa shape index (κ3) is 6.65. The summed E-state index contributed by atoms with van der Waals surface area (Å²) in [5, 5.41) is 9.06. The Morgan fingerprint density at radius 1 is 0.969 bits per heavy atom. The molecule has 32 heavy (non-hydrogen) atoms. The predicted octanol–water partition coefficient (Wildman–Crippen LogP) is 6.68. The number of fused-ring (bicyclic) bond motifs is 1. The summed E-state index contributed by atoms with van der Waals surface area (Å²) in [5.74, 6) is -0.196. The summed E-state index contributed by atoms with van der Waals surface area (Å²) in [6, 6.07) is 8.29. The van der Waals surface area contributed by atoms with Crippen LogP contribution in [0.5, 0.6) is 0 Å². The lowest BCUT2D eigenvalue weighted by atomic mass is 10.1. The number of nitrogens with one attached hydrogen (secondary N) is 1. The van der Waals surface area contributed by atoms with Crippen LogP contribution in [0.4, 0.5) is 0 Å². The summed E-state index contributed by atoms with van der Waals surface area (Å²) in [7, 11) is -3.29. The molecule has 0 unspecified atom stereocenters. The fourth-order valence-corrected chi connectivity index (χ4v) is 5.97. The second-order valence-corrected chi connectivity index (χ2v) is 11.4. The number of hydrogen-bond donors (Lipinski definition) is 2. The highest BCUT2D eigenvalue weighted by Crippen LogP contribution is 2.28. The molecule has 0 fully saturated rings. The first-order chi connectivity index (χ1) is 15.4. The number of aromatic carboxylic acids is 1. The highest BCUT2D eigenvalue weighted by atomic mass is 32.2. The van der Waals surface area contributed by atoms with Crippen molar-refractivity contribution in [3.05, 3.63) is 35.2 Å². The number of H-pyrrole nitrogens is 1. The maximum Gasteiger partial charge on any atom is 0.346 e. The van der Waals surface area contributed by atoms with Gasteiger partial charge in [-0.2, -0.15) is 0 Å². The maximum atomic E-state index is 12.6. The van der Waals surface area contributed by atoms with E-state index in [0.29, 0.717) is 27.5 Å². The molecule has 0 aliphatic carbocycles. The molecule has 0 bridgehead atoms. The Balaban J connectivity index is 1.46. The van der Waals surface area contributed by atoms with E-state index in [4.69, 9.17) is 5.11 Å². The molecule has 2 heterocycles. The van der Waals surface area contributed by atoms with E-state index in [-0.39, 0.29) is 10.6 Å². The van der Waals surface area contributed by atoms with Gasteiger partial charge in [0.1, 0.15) is 15.5 Å². The number of hydrogen-bond acceptors (Lipinski definition) is 5. The van der Waals surface area contributed by atoms with Gasteiger partial charge in [-0.15, -0.1) is 11.3 Å². The van der Waals surface area contributed by atoms with E-state index in [1.54, 1.807) is 30.3 Å². The topological polar surface area (TPSA) is 100 Å². The summed E-state index contributed by atoms with van der Waals surface area (Å²) in [6.45, 7) is 2.23. The van der Waals surface area contributed by atoms with Crippen molar-refractivity contribution in [3.8, 4) is 11.4 Å². The first-order valence-electron chi connectivity index (χ1n) is 11.5. The van der Waals surface area contributed by atoms with Crippen LogP contribution >= 0.6 is 11.3 Å². The molecule has 3 aromatic rings. The number of carbonyl (C=O) groups is 1. The largest absolute Gasteiger partial charge is 0.477 e. The van der Waals surface area contributed by atoms with Gasteiger partial charge in [0.05, 0.1) is 16.2 Å². The Labute approximate surface area is 194 Å². The van der Waals surface area contributed by atoms with Crippen molar-refractivity contribution in [1.82, 2.24) is 9.97 Å². The molecule has 2 aromatic heterocycles. The van der Waals surface area contributed by atoms with Crippen LogP contribution in [0.15, 0.2) is 35.2 Å². The molecule has 0 aliphatic heterocycles. The molecule has 0 atom stereocenters. The number of aromatic amines is 1. The Morgan fingerprint density at radius 2 is 1.56 bits per heavy atom. The fourth-order valence-electron chi connectivity index (χ4n) is 3.77. The van der Waals surface area contributed by atoms with Crippen molar-refractivity contribution in [2.75, 3.05) is 5.75 Å². The first kappa shape index (κ1) is 24.5. The van der Waals surface area contributed by atoms with Crippen LogP contribution in [-0.4, -0.2) is 35.2 Å². The van der Waals surface area contributed by atoms with Crippen LogP contribution in [0.1, 0.15) is 80.8 Å². The molecule has 2 N–H and O–H groups in total. The molecule has 1 aromatic carbocycles. The van der Waals surface area contributed by atoms with Gasteiger partial charge in [0.25, 0.3) is 0 Å². The summed E-state index contributed by atoms with van der Waals surface area (Å²) in [6.07, 6.45) is 11.7. The molecule has 0 spiro atoms. The SMILES string of the molecule is CCCCCCCCCCCCS(=O)(=O)c1ccc(-c2nc3sc(C(=O)O)cc3[nH]2)cc1. The van der Waals surface area contributed by atoms with Gasteiger partial charge in [0, 0.05) is 5.56 Å². The van der Waals surface area contributed by atoms with Crippen molar-refractivity contribution in [2.45, 2.75) is 76.0 Å². The summed E-state index contributed by atoms with van der Waals surface area (Å²) >= 11 is 1.11. The number of nitrogens with zero attached hydrogens (tertiary/aromatic N) is 1. The lowest BCUT2D eigenvalue weighted by Gasteiger charge is -2.06. The quantitative estimate of drug-likeness (QED) is 0.253. The van der Waals surface area contributed by atoms with E-state index < -0.39 is 15.8 Å². The maximum absolute atomic E-state index is 12.6. The van der Waals surface area contributed by atoms with Crippen molar-refractivity contribution in [2.24, 2.45) is 0 Å². The molecule has 0 amide bonds. The molecule has 6 nitrogen and oxygen atoms in total. The summed E-state index contributed by atoms with van der Waals surface area (Å²) < 4.78 is 25.3. The van der Waals surface area contributed by atoms with Gasteiger partial charge in [-0.1, -0.05) is 64.7 Å². The highest BCUT2D eigenvalue weighted by molar-refractivity contribution is 7.91. The zero-order chi connectivity index (χ0) is 23.0. The van der Waals surface area contributed by atoms with Crippen molar-refractivity contribution < 1.29 is 18.3 Å². The lowest BCUT2D eigenvalue weighted by Crippen LogP contribution is -2.06. The third-order valence-corrected chi connectivity index (χ3v) is 8.48. The van der Waals surface area contributed by atoms with Gasteiger partial charge >= 0.3 is 5.97 Å². The molecular weight excluding hydrogens is 444 g/mol. The number of carboxylic acids is 1. The molecular formula is C24H32N2O4S2. The van der Waals surface area contributed by atoms with Crippen LogP contribution in [0.25, 0.3) is 21.7 Å². The minimum Gasteiger partial charge on any atom is -0.477 e. The van der Waals surface area contributed by atoms with Gasteiger partial charge in [-0.3, -0.25) is 0 Å². The Morgan fingerprint density at radius 3 is 2.12 bits per heavy atom. The van der Waals surface area contributed by atoms with Gasteiger partial charge in [0.15, 0.2) is 9.84 Å². The van der Waals surface area contributed by atoms with Gasteiger partial charge < -0.3 is 10.1 Å². The molecule has 3 rings (SSSR count). The number of imidazole rings is 1. The van der Waals surface area contributed by atoms with Gasteiger partial charge in [0.2, 0.25) is 0 Å². The smallest absolute Gasteiger partial charge is 0.346 e. The van der Waals surface area contributed by atoms with Crippen LogP contribution < -0.4 is 0 Å². The number of unbranched alkanes of at least 4 members (excludes halogenated alkanes) is 9. The molecule has 0 aliphatic rings. The Hall–Kier alpha value is -2.19. The number of sulfone groups is 1. The Bertz CT molecular complexity index is 1080. The highest BCUT2D eigenvalue weighted by Gasteiger charge is 2.16. The summed E-state index contributed by atoms with van der Waals surface area (Å²) in [5.41, 5.74) is 1.43. The predicted molar refractivity (Wildman–Crippen MR) is 130 cm³/mol. The van der Waals surface area contributed by atoms with Crippen molar-refractivity contribution in [3.63, 3.8) is 0 Å². The monoisotopic (exact) mass is 476 g/mol. The van der Waals surface area contributed by atoms with Crippen LogP contribution in [-0.2, 0) is 9.84 Å². The van der Waals surface area contributed by atoms with Crippen molar-refractivity contribution in [1.29, 1.82) is 0 Å². The summed E-state index contributed by atoms with van der Waals surface area (Å²) in [4.78, 5) is 19.8. The normalized spacial score (nSPS) is 11.9. The number of benzene rings is 1. The average Bonchev–Trinajstić information content (AvgIpc) is 3.35. The van der Waals surface area contributed by atoms with Crippen molar-refractivity contribution >= 4 is 37.5 Å².